The maximum absolute atomic E-state index is 13.5. The van der Waals surface area contributed by atoms with E-state index >= 15 is 0 Å². The maximum atomic E-state index is 13.5. The van der Waals surface area contributed by atoms with E-state index in [0.717, 1.165) is 28.1 Å². The Labute approximate surface area is 183 Å². The van der Waals surface area contributed by atoms with Gasteiger partial charge in [0.05, 0.1) is 5.57 Å². The lowest BCUT2D eigenvalue weighted by Crippen LogP contribution is -2.31. The van der Waals surface area contributed by atoms with Crippen LogP contribution in [0.3, 0.4) is 0 Å². The van der Waals surface area contributed by atoms with Gasteiger partial charge in [0.25, 0.3) is 5.91 Å². The summed E-state index contributed by atoms with van der Waals surface area (Å²) in [4.78, 5) is 17.8. The van der Waals surface area contributed by atoms with Crippen molar-refractivity contribution in [2.75, 3.05) is 10.6 Å². The van der Waals surface area contributed by atoms with Crippen LogP contribution in [0.1, 0.15) is 56.0 Å². The highest BCUT2D eigenvalue weighted by Gasteiger charge is 2.33. The molecule has 0 bridgehead atoms. The zero-order valence-corrected chi connectivity index (χ0v) is 18.9. The first-order valence-electron chi connectivity index (χ1n) is 10.5. The summed E-state index contributed by atoms with van der Waals surface area (Å²) in [6.07, 6.45) is 1.51. The molecular formula is C25H29N5O. The molecule has 4 rings (SSSR count). The zero-order chi connectivity index (χ0) is 22.3. The Morgan fingerprint density at radius 3 is 2.45 bits per heavy atom. The molecule has 2 heterocycles. The largest absolute Gasteiger partial charge is 0.328 e. The molecular weight excluding hydrogens is 386 g/mol. The van der Waals surface area contributed by atoms with E-state index in [1.807, 2.05) is 39.0 Å². The predicted molar refractivity (Wildman–Crippen MR) is 124 cm³/mol. The molecule has 2 N–H and O–H groups in total. The number of anilines is 2. The number of nitrogens with one attached hydrogen (secondary N) is 2. The third-order valence-electron chi connectivity index (χ3n) is 5.98. The van der Waals surface area contributed by atoms with E-state index < -0.39 is 0 Å². The van der Waals surface area contributed by atoms with Crippen molar-refractivity contribution in [1.29, 1.82) is 0 Å². The van der Waals surface area contributed by atoms with Crippen LogP contribution in [0, 0.1) is 13.8 Å². The number of aryl methyl sites for hydroxylation is 1. The minimum Gasteiger partial charge on any atom is -0.328 e. The first kappa shape index (κ1) is 20.8. The molecule has 6 nitrogen and oxygen atoms in total. The molecule has 1 aromatic heterocycles. The summed E-state index contributed by atoms with van der Waals surface area (Å²) in [7, 11) is 0. The van der Waals surface area contributed by atoms with Gasteiger partial charge >= 0.3 is 0 Å². The second-order valence-electron chi connectivity index (χ2n) is 9.17. The average molecular weight is 416 g/mol. The summed E-state index contributed by atoms with van der Waals surface area (Å²) in [6.45, 7) is 12.5. The number of fused-ring (bicyclic) bond motifs is 1. The highest BCUT2D eigenvalue weighted by molar-refractivity contribution is 6.06. The van der Waals surface area contributed by atoms with Gasteiger partial charge in [-0.05, 0) is 54.5 Å². The van der Waals surface area contributed by atoms with Crippen LogP contribution in [0.4, 0.5) is 11.6 Å². The number of amides is 1. The van der Waals surface area contributed by atoms with E-state index in [2.05, 4.69) is 65.8 Å². The molecule has 1 atom stereocenters. The van der Waals surface area contributed by atoms with Crippen molar-refractivity contribution < 1.29 is 4.79 Å². The zero-order valence-electron chi connectivity index (χ0n) is 18.9. The Morgan fingerprint density at radius 2 is 1.77 bits per heavy atom. The Bertz CT molecular complexity index is 1170. The molecule has 1 amide bonds. The number of carbonyl (C=O) groups is 1. The lowest BCUT2D eigenvalue weighted by atomic mass is 9.85. The van der Waals surface area contributed by atoms with E-state index in [9.17, 15) is 4.79 Å². The molecule has 2 aromatic carbocycles. The van der Waals surface area contributed by atoms with Crippen molar-refractivity contribution in [2.24, 2.45) is 0 Å². The smallest absolute Gasteiger partial charge is 0.255 e. The molecule has 1 aliphatic rings. The van der Waals surface area contributed by atoms with Gasteiger partial charge in [0.1, 0.15) is 12.4 Å². The van der Waals surface area contributed by atoms with E-state index in [0.29, 0.717) is 11.5 Å². The van der Waals surface area contributed by atoms with Gasteiger partial charge in [0, 0.05) is 11.4 Å². The van der Waals surface area contributed by atoms with Gasteiger partial charge in [-0.3, -0.25) is 4.79 Å². The fourth-order valence-electron chi connectivity index (χ4n) is 3.93. The SMILES string of the molecule is CC1=C(C(=O)Nc2cccc(C)c2C)C(c2ccc(C(C)(C)C)cc2)n2ncnc2N1. The van der Waals surface area contributed by atoms with Crippen LogP contribution in [0.25, 0.3) is 0 Å². The van der Waals surface area contributed by atoms with E-state index in [1.54, 1.807) is 4.68 Å². The number of benzene rings is 2. The maximum Gasteiger partial charge on any atom is 0.255 e. The molecule has 3 aromatic rings. The van der Waals surface area contributed by atoms with Crippen LogP contribution in [0.2, 0.25) is 0 Å². The van der Waals surface area contributed by atoms with Gasteiger partial charge in [-0.1, -0.05) is 57.2 Å². The minimum atomic E-state index is -0.363. The number of hydrogen-bond acceptors (Lipinski definition) is 4. The third kappa shape index (κ3) is 3.85. The van der Waals surface area contributed by atoms with Crippen molar-refractivity contribution in [1.82, 2.24) is 14.8 Å². The molecule has 6 heteroatoms. The summed E-state index contributed by atoms with van der Waals surface area (Å²) in [6, 6.07) is 14.0. The molecule has 160 valence electrons. The summed E-state index contributed by atoms with van der Waals surface area (Å²) in [5, 5.41) is 10.8. The lowest BCUT2D eigenvalue weighted by Gasteiger charge is -2.29. The van der Waals surface area contributed by atoms with Gasteiger partial charge < -0.3 is 10.6 Å². The average Bonchev–Trinajstić information content (AvgIpc) is 3.17. The van der Waals surface area contributed by atoms with Crippen molar-refractivity contribution in [3.05, 3.63) is 82.3 Å². The summed E-state index contributed by atoms with van der Waals surface area (Å²) >= 11 is 0. The summed E-state index contributed by atoms with van der Waals surface area (Å²) in [5.41, 5.74) is 6.70. The molecule has 0 saturated heterocycles. The van der Waals surface area contributed by atoms with Gasteiger partial charge in [0.2, 0.25) is 5.95 Å². The molecule has 0 aliphatic carbocycles. The monoisotopic (exact) mass is 415 g/mol. The van der Waals surface area contributed by atoms with Gasteiger partial charge in [-0.2, -0.15) is 10.1 Å². The fourth-order valence-corrected chi connectivity index (χ4v) is 3.93. The fraction of sp³-hybridized carbons (Fsp3) is 0.320. The van der Waals surface area contributed by atoms with Crippen LogP contribution >= 0.6 is 0 Å². The standard InChI is InChI=1S/C25H29N5O/c1-15-8-7-9-20(16(15)2)29-23(31)21-17(3)28-24-26-14-27-30(24)22(21)18-10-12-19(13-11-18)25(4,5)6/h7-14,22H,1-6H3,(H,29,31)(H,26,27,28). The van der Waals surface area contributed by atoms with Crippen molar-refractivity contribution in [3.63, 3.8) is 0 Å². The second kappa shape index (κ2) is 7.69. The number of hydrogen-bond donors (Lipinski definition) is 2. The van der Waals surface area contributed by atoms with Gasteiger partial charge in [-0.25, -0.2) is 4.68 Å². The minimum absolute atomic E-state index is 0.0553. The highest BCUT2D eigenvalue weighted by atomic mass is 16.1. The number of nitrogens with zero attached hydrogens (tertiary/aromatic N) is 3. The quantitative estimate of drug-likeness (QED) is 0.623. The van der Waals surface area contributed by atoms with Crippen molar-refractivity contribution >= 4 is 17.5 Å². The molecule has 1 aliphatic heterocycles. The summed E-state index contributed by atoms with van der Waals surface area (Å²) < 4.78 is 1.77. The molecule has 0 saturated carbocycles. The number of rotatable bonds is 3. The van der Waals surface area contributed by atoms with Crippen LogP contribution in [-0.4, -0.2) is 20.7 Å². The molecule has 0 radical (unpaired) electrons. The molecule has 31 heavy (non-hydrogen) atoms. The Hall–Kier alpha value is -3.41. The number of aromatic nitrogens is 3. The van der Waals surface area contributed by atoms with Crippen molar-refractivity contribution in [2.45, 2.75) is 53.0 Å². The first-order chi connectivity index (χ1) is 14.7. The van der Waals surface area contributed by atoms with Crippen molar-refractivity contribution in [3.8, 4) is 0 Å². The number of carbonyl (C=O) groups excluding carboxylic acids is 1. The van der Waals surface area contributed by atoms with Gasteiger partial charge in [-0.15, -0.1) is 0 Å². The molecule has 0 fully saturated rings. The first-order valence-corrected chi connectivity index (χ1v) is 10.5. The molecule has 0 spiro atoms. The highest BCUT2D eigenvalue weighted by Crippen LogP contribution is 2.36. The third-order valence-corrected chi connectivity index (χ3v) is 5.98. The van der Waals surface area contributed by atoms with Crippen LogP contribution < -0.4 is 10.6 Å². The Kier molecular flexibility index (Phi) is 5.17. The second-order valence-corrected chi connectivity index (χ2v) is 9.17. The Morgan fingerprint density at radius 1 is 1.06 bits per heavy atom. The van der Waals surface area contributed by atoms with E-state index in [4.69, 9.17) is 0 Å². The molecule has 1 unspecified atom stereocenters. The predicted octanol–water partition coefficient (Wildman–Crippen LogP) is 5.12. The topological polar surface area (TPSA) is 71.8 Å². The van der Waals surface area contributed by atoms with Gasteiger partial charge in [0.15, 0.2) is 0 Å². The normalized spacial score (nSPS) is 16.0. The van der Waals surface area contributed by atoms with Crippen LogP contribution in [0.15, 0.2) is 60.1 Å². The van der Waals surface area contributed by atoms with E-state index in [1.165, 1.54) is 11.9 Å². The Balaban J connectivity index is 1.76. The lowest BCUT2D eigenvalue weighted by molar-refractivity contribution is -0.113. The van der Waals surface area contributed by atoms with Crippen LogP contribution in [0.5, 0.6) is 0 Å². The van der Waals surface area contributed by atoms with E-state index in [-0.39, 0.29) is 17.4 Å². The van der Waals surface area contributed by atoms with Crippen LogP contribution in [-0.2, 0) is 10.2 Å². The number of allylic oxidation sites excluding steroid dienone is 1. The summed E-state index contributed by atoms with van der Waals surface area (Å²) in [5.74, 6) is 0.482.